The van der Waals surface area contributed by atoms with Crippen molar-refractivity contribution in [3.8, 4) is 11.1 Å². The zero-order chi connectivity index (χ0) is 18.1. The van der Waals surface area contributed by atoms with Crippen molar-refractivity contribution in [2.75, 3.05) is 18.5 Å². The van der Waals surface area contributed by atoms with Crippen LogP contribution in [0.4, 0.5) is 10.1 Å². The molecule has 0 radical (unpaired) electrons. The summed E-state index contributed by atoms with van der Waals surface area (Å²) in [5.74, 6) is -0.424. The standard InChI is InChI=1S/C21H20FN3O/c1-24-8-2-3-17-10-16(4-6-20(17)24)18-9-15(11-23-12-18)13-25-14-19(22)5-7-21(25)26/h4-7,9-12,14H,2-3,8,13H2,1H3. The molecule has 0 unspecified atom stereocenters. The van der Waals surface area contributed by atoms with Crippen LogP contribution in [-0.2, 0) is 13.0 Å². The van der Waals surface area contributed by atoms with Crippen molar-refractivity contribution in [2.24, 2.45) is 0 Å². The molecule has 1 aliphatic heterocycles. The number of pyridine rings is 2. The maximum Gasteiger partial charge on any atom is 0.251 e. The van der Waals surface area contributed by atoms with Gasteiger partial charge in [-0.1, -0.05) is 6.07 Å². The molecule has 0 saturated carbocycles. The van der Waals surface area contributed by atoms with Crippen LogP contribution in [0.5, 0.6) is 0 Å². The van der Waals surface area contributed by atoms with Gasteiger partial charge in [-0.05, 0) is 53.8 Å². The van der Waals surface area contributed by atoms with Gasteiger partial charge in [0.1, 0.15) is 5.82 Å². The molecule has 1 aliphatic rings. The average Bonchev–Trinajstić information content (AvgIpc) is 2.65. The van der Waals surface area contributed by atoms with Gasteiger partial charge in [0.2, 0.25) is 0 Å². The molecule has 132 valence electrons. The Bertz CT molecular complexity index is 1010. The first-order valence-electron chi connectivity index (χ1n) is 8.74. The van der Waals surface area contributed by atoms with Gasteiger partial charge in [-0.2, -0.15) is 0 Å². The fourth-order valence-corrected chi connectivity index (χ4v) is 3.52. The molecule has 0 bridgehead atoms. The van der Waals surface area contributed by atoms with E-state index in [1.807, 2.05) is 12.3 Å². The van der Waals surface area contributed by atoms with Crippen LogP contribution in [0.1, 0.15) is 17.5 Å². The summed E-state index contributed by atoms with van der Waals surface area (Å²) in [6.07, 6.45) is 7.01. The van der Waals surface area contributed by atoms with Crippen LogP contribution in [0.15, 0.2) is 59.8 Å². The number of rotatable bonds is 3. The zero-order valence-electron chi connectivity index (χ0n) is 14.7. The van der Waals surface area contributed by atoms with E-state index in [2.05, 4.69) is 35.1 Å². The number of aryl methyl sites for hydroxylation is 1. The molecule has 0 fully saturated rings. The lowest BCUT2D eigenvalue weighted by molar-refractivity contribution is 0.595. The lowest BCUT2D eigenvalue weighted by atomic mass is 9.96. The summed E-state index contributed by atoms with van der Waals surface area (Å²) in [6.45, 7) is 1.39. The Kier molecular flexibility index (Phi) is 4.29. The van der Waals surface area contributed by atoms with E-state index in [0.717, 1.165) is 36.1 Å². The Morgan fingerprint density at radius 3 is 2.88 bits per heavy atom. The van der Waals surface area contributed by atoms with Crippen molar-refractivity contribution in [3.63, 3.8) is 0 Å². The maximum atomic E-state index is 13.4. The highest BCUT2D eigenvalue weighted by molar-refractivity contribution is 5.69. The molecule has 3 heterocycles. The van der Waals surface area contributed by atoms with Crippen molar-refractivity contribution in [3.05, 3.63) is 82.3 Å². The summed E-state index contributed by atoms with van der Waals surface area (Å²) in [4.78, 5) is 18.5. The number of hydrogen-bond donors (Lipinski definition) is 0. The van der Waals surface area contributed by atoms with Crippen molar-refractivity contribution >= 4 is 5.69 Å². The summed E-state index contributed by atoms with van der Waals surface area (Å²) >= 11 is 0. The second-order valence-electron chi connectivity index (χ2n) is 6.76. The number of benzene rings is 1. The van der Waals surface area contributed by atoms with Crippen LogP contribution in [0, 0.1) is 5.82 Å². The lowest BCUT2D eigenvalue weighted by Gasteiger charge is -2.27. The highest BCUT2D eigenvalue weighted by atomic mass is 19.1. The van der Waals surface area contributed by atoms with Crippen LogP contribution >= 0.6 is 0 Å². The van der Waals surface area contributed by atoms with E-state index < -0.39 is 5.82 Å². The lowest BCUT2D eigenvalue weighted by Crippen LogP contribution is -2.24. The minimum atomic E-state index is -0.424. The molecule has 0 amide bonds. The van der Waals surface area contributed by atoms with E-state index in [4.69, 9.17) is 0 Å². The molecule has 3 aromatic rings. The molecular weight excluding hydrogens is 329 g/mol. The molecule has 0 aliphatic carbocycles. The van der Waals surface area contributed by atoms with Gasteiger partial charge < -0.3 is 9.47 Å². The number of fused-ring (bicyclic) bond motifs is 1. The molecule has 0 N–H and O–H groups in total. The highest BCUT2D eigenvalue weighted by Gasteiger charge is 2.14. The monoisotopic (exact) mass is 349 g/mol. The quantitative estimate of drug-likeness (QED) is 0.727. The molecule has 4 rings (SSSR count). The first-order valence-corrected chi connectivity index (χ1v) is 8.74. The van der Waals surface area contributed by atoms with Crippen LogP contribution in [0.2, 0.25) is 0 Å². The van der Waals surface area contributed by atoms with Crippen molar-refractivity contribution < 1.29 is 4.39 Å². The van der Waals surface area contributed by atoms with E-state index in [-0.39, 0.29) is 5.56 Å². The van der Waals surface area contributed by atoms with Gasteiger partial charge in [0.25, 0.3) is 5.56 Å². The van der Waals surface area contributed by atoms with Gasteiger partial charge in [-0.25, -0.2) is 4.39 Å². The minimum Gasteiger partial charge on any atom is -0.374 e. The minimum absolute atomic E-state index is 0.228. The molecule has 5 heteroatoms. The highest BCUT2D eigenvalue weighted by Crippen LogP contribution is 2.30. The normalized spacial score (nSPS) is 13.5. The van der Waals surface area contributed by atoms with Crippen molar-refractivity contribution in [1.82, 2.24) is 9.55 Å². The molecule has 0 spiro atoms. The van der Waals surface area contributed by atoms with E-state index in [0.29, 0.717) is 6.54 Å². The van der Waals surface area contributed by atoms with Crippen molar-refractivity contribution in [1.29, 1.82) is 0 Å². The Morgan fingerprint density at radius 1 is 1.12 bits per heavy atom. The Hall–Kier alpha value is -2.95. The van der Waals surface area contributed by atoms with Gasteiger partial charge >= 0.3 is 0 Å². The number of hydrogen-bond acceptors (Lipinski definition) is 3. The SMILES string of the molecule is CN1CCCc2cc(-c3cncc(Cn4cc(F)ccc4=O)c3)ccc21. The topological polar surface area (TPSA) is 38.1 Å². The Labute approximate surface area is 151 Å². The molecular formula is C21H20FN3O. The third-order valence-corrected chi connectivity index (χ3v) is 4.86. The van der Waals surface area contributed by atoms with Crippen molar-refractivity contribution in [2.45, 2.75) is 19.4 Å². The number of aromatic nitrogens is 2. The smallest absolute Gasteiger partial charge is 0.251 e. The first-order chi connectivity index (χ1) is 12.6. The van der Waals surface area contributed by atoms with Crippen LogP contribution < -0.4 is 10.5 Å². The summed E-state index contributed by atoms with van der Waals surface area (Å²) in [5.41, 5.74) is 5.39. The van der Waals surface area contributed by atoms with Gasteiger partial charge in [0.15, 0.2) is 0 Å². The zero-order valence-corrected chi connectivity index (χ0v) is 14.7. The summed E-state index contributed by atoms with van der Waals surface area (Å²) in [5, 5.41) is 0. The maximum absolute atomic E-state index is 13.4. The number of halogens is 1. The second-order valence-corrected chi connectivity index (χ2v) is 6.76. The van der Waals surface area contributed by atoms with Gasteiger partial charge in [0.05, 0.1) is 6.54 Å². The van der Waals surface area contributed by atoms with Gasteiger partial charge in [0, 0.05) is 49.5 Å². The third-order valence-electron chi connectivity index (χ3n) is 4.86. The summed E-state index contributed by atoms with van der Waals surface area (Å²) < 4.78 is 14.8. The molecule has 2 aromatic heterocycles. The predicted octanol–water partition coefficient (Wildman–Crippen LogP) is 3.48. The summed E-state index contributed by atoms with van der Waals surface area (Å²) in [6, 6.07) is 10.9. The third kappa shape index (κ3) is 3.25. The summed E-state index contributed by atoms with van der Waals surface area (Å²) in [7, 11) is 2.12. The van der Waals surface area contributed by atoms with Gasteiger partial charge in [-0.15, -0.1) is 0 Å². The predicted molar refractivity (Wildman–Crippen MR) is 101 cm³/mol. The van der Waals surface area contributed by atoms with E-state index in [1.165, 1.54) is 34.1 Å². The van der Waals surface area contributed by atoms with Crippen LogP contribution in [0.3, 0.4) is 0 Å². The molecule has 1 aromatic carbocycles. The Balaban J connectivity index is 1.66. The largest absolute Gasteiger partial charge is 0.374 e. The number of anilines is 1. The van der Waals surface area contributed by atoms with Crippen LogP contribution in [0.25, 0.3) is 11.1 Å². The Morgan fingerprint density at radius 2 is 2.00 bits per heavy atom. The molecule has 26 heavy (non-hydrogen) atoms. The van der Waals surface area contributed by atoms with E-state index in [1.54, 1.807) is 6.20 Å². The number of nitrogens with zero attached hydrogens (tertiary/aromatic N) is 3. The fraction of sp³-hybridized carbons (Fsp3) is 0.238. The van der Waals surface area contributed by atoms with Crippen LogP contribution in [-0.4, -0.2) is 23.1 Å². The van der Waals surface area contributed by atoms with Gasteiger partial charge in [-0.3, -0.25) is 9.78 Å². The molecule has 0 atom stereocenters. The second kappa shape index (κ2) is 6.75. The molecule has 0 saturated heterocycles. The fourth-order valence-electron chi connectivity index (χ4n) is 3.52. The average molecular weight is 349 g/mol. The first kappa shape index (κ1) is 16.5. The molecule has 4 nitrogen and oxygen atoms in total. The van der Waals surface area contributed by atoms with E-state index in [9.17, 15) is 9.18 Å². The van der Waals surface area contributed by atoms with E-state index >= 15 is 0 Å².